The number of pyridine rings is 1. The average Bonchev–Trinajstić information content (AvgIpc) is 3.07. The SMILES string of the molecule is Cc1cccnc1OCC1CCN(C(=O)CC2CCCC2)CC1. The number of amides is 1. The molecule has 4 nitrogen and oxygen atoms in total. The van der Waals surface area contributed by atoms with Crippen LogP contribution in [0, 0.1) is 18.8 Å². The summed E-state index contributed by atoms with van der Waals surface area (Å²) in [6.45, 7) is 4.51. The number of likely N-dealkylation sites (tertiary alicyclic amines) is 1. The summed E-state index contributed by atoms with van der Waals surface area (Å²) in [6, 6.07) is 3.95. The summed E-state index contributed by atoms with van der Waals surface area (Å²) in [5, 5.41) is 0. The molecule has 1 amide bonds. The first kappa shape index (κ1) is 16.3. The molecule has 0 spiro atoms. The predicted molar refractivity (Wildman–Crippen MR) is 90.3 cm³/mol. The molecule has 0 unspecified atom stereocenters. The number of hydrogen-bond acceptors (Lipinski definition) is 3. The third-order valence-electron chi connectivity index (χ3n) is 5.32. The molecule has 0 bridgehead atoms. The van der Waals surface area contributed by atoms with E-state index < -0.39 is 0 Å². The second kappa shape index (κ2) is 7.80. The van der Waals surface area contributed by atoms with Crippen LogP contribution in [0.5, 0.6) is 5.88 Å². The minimum absolute atomic E-state index is 0.372. The van der Waals surface area contributed by atoms with E-state index in [2.05, 4.69) is 9.88 Å². The molecule has 1 aromatic heterocycles. The smallest absolute Gasteiger partial charge is 0.222 e. The van der Waals surface area contributed by atoms with Crippen LogP contribution in [0.15, 0.2) is 18.3 Å². The Labute approximate surface area is 139 Å². The van der Waals surface area contributed by atoms with Crippen LogP contribution in [0.4, 0.5) is 0 Å². The maximum Gasteiger partial charge on any atom is 0.222 e. The molecule has 1 saturated carbocycles. The minimum atomic E-state index is 0.372. The summed E-state index contributed by atoms with van der Waals surface area (Å²) in [5.74, 6) is 2.30. The number of aromatic nitrogens is 1. The van der Waals surface area contributed by atoms with Gasteiger partial charge in [-0.2, -0.15) is 0 Å². The topological polar surface area (TPSA) is 42.4 Å². The lowest BCUT2D eigenvalue weighted by atomic mass is 9.96. The second-order valence-electron chi connectivity index (χ2n) is 7.12. The summed E-state index contributed by atoms with van der Waals surface area (Å²) in [7, 11) is 0. The van der Waals surface area contributed by atoms with Gasteiger partial charge in [0.15, 0.2) is 0 Å². The van der Waals surface area contributed by atoms with E-state index in [0.29, 0.717) is 24.3 Å². The van der Waals surface area contributed by atoms with Gasteiger partial charge in [-0.1, -0.05) is 18.9 Å². The standard InChI is InChI=1S/C19H28N2O2/c1-15-5-4-10-20-19(15)23-14-17-8-11-21(12-9-17)18(22)13-16-6-2-3-7-16/h4-5,10,16-17H,2-3,6-9,11-14H2,1H3. The van der Waals surface area contributed by atoms with E-state index in [9.17, 15) is 4.79 Å². The fraction of sp³-hybridized carbons (Fsp3) is 0.684. The van der Waals surface area contributed by atoms with Gasteiger partial charge < -0.3 is 9.64 Å². The van der Waals surface area contributed by atoms with Gasteiger partial charge in [0.25, 0.3) is 0 Å². The summed E-state index contributed by atoms with van der Waals surface area (Å²) >= 11 is 0. The van der Waals surface area contributed by atoms with Crippen LogP contribution in [0.25, 0.3) is 0 Å². The first-order valence-electron chi connectivity index (χ1n) is 9.04. The van der Waals surface area contributed by atoms with Gasteiger partial charge in [0, 0.05) is 31.3 Å². The number of ether oxygens (including phenoxy) is 1. The summed E-state index contributed by atoms with van der Waals surface area (Å²) in [6.07, 6.45) is 9.75. The third-order valence-corrected chi connectivity index (χ3v) is 5.32. The first-order chi connectivity index (χ1) is 11.2. The van der Waals surface area contributed by atoms with Crippen LogP contribution >= 0.6 is 0 Å². The van der Waals surface area contributed by atoms with Crippen molar-refractivity contribution in [3.05, 3.63) is 23.9 Å². The van der Waals surface area contributed by atoms with E-state index >= 15 is 0 Å². The Hall–Kier alpha value is -1.58. The molecule has 2 aliphatic rings. The number of carbonyl (C=O) groups excluding carboxylic acids is 1. The number of nitrogens with zero attached hydrogens (tertiary/aromatic N) is 2. The lowest BCUT2D eigenvalue weighted by Crippen LogP contribution is -2.40. The van der Waals surface area contributed by atoms with Gasteiger partial charge in [-0.3, -0.25) is 4.79 Å². The molecule has 0 radical (unpaired) electrons. The van der Waals surface area contributed by atoms with E-state index in [1.54, 1.807) is 6.20 Å². The van der Waals surface area contributed by atoms with Crippen LogP contribution in [0.3, 0.4) is 0 Å². The van der Waals surface area contributed by atoms with Crippen LogP contribution in [-0.2, 0) is 4.79 Å². The van der Waals surface area contributed by atoms with Gasteiger partial charge in [-0.15, -0.1) is 0 Å². The third kappa shape index (κ3) is 4.46. The summed E-state index contributed by atoms with van der Waals surface area (Å²) in [5.41, 5.74) is 1.08. The van der Waals surface area contributed by atoms with E-state index in [1.807, 2.05) is 19.1 Å². The van der Waals surface area contributed by atoms with Crippen molar-refractivity contribution in [2.75, 3.05) is 19.7 Å². The Balaban J connectivity index is 1.39. The lowest BCUT2D eigenvalue weighted by Gasteiger charge is -2.32. The number of aryl methyl sites for hydroxylation is 1. The van der Waals surface area contributed by atoms with Crippen molar-refractivity contribution in [3.63, 3.8) is 0 Å². The van der Waals surface area contributed by atoms with E-state index in [4.69, 9.17) is 4.74 Å². The first-order valence-corrected chi connectivity index (χ1v) is 9.04. The molecule has 0 atom stereocenters. The number of carbonyl (C=O) groups is 1. The molecular formula is C19H28N2O2. The van der Waals surface area contributed by atoms with Crippen molar-refractivity contribution in [2.24, 2.45) is 11.8 Å². The zero-order chi connectivity index (χ0) is 16.1. The molecule has 126 valence electrons. The highest BCUT2D eigenvalue weighted by Gasteiger charge is 2.26. The Morgan fingerprint density at radius 2 is 1.96 bits per heavy atom. The van der Waals surface area contributed by atoms with Crippen molar-refractivity contribution in [2.45, 2.75) is 51.9 Å². The molecule has 1 saturated heterocycles. The highest BCUT2D eigenvalue weighted by atomic mass is 16.5. The largest absolute Gasteiger partial charge is 0.477 e. The molecule has 1 aliphatic heterocycles. The fourth-order valence-electron chi connectivity index (χ4n) is 3.76. The van der Waals surface area contributed by atoms with Crippen LogP contribution in [0.1, 0.15) is 50.5 Å². The van der Waals surface area contributed by atoms with E-state index in [0.717, 1.165) is 43.8 Å². The minimum Gasteiger partial charge on any atom is -0.477 e. The molecule has 1 aromatic rings. The van der Waals surface area contributed by atoms with Crippen molar-refractivity contribution < 1.29 is 9.53 Å². The molecule has 0 aromatic carbocycles. The zero-order valence-electron chi connectivity index (χ0n) is 14.2. The Morgan fingerprint density at radius 1 is 1.22 bits per heavy atom. The number of piperidine rings is 1. The van der Waals surface area contributed by atoms with Gasteiger partial charge >= 0.3 is 0 Å². The van der Waals surface area contributed by atoms with Crippen molar-refractivity contribution in [1.82, 2.24) is 9.88 Å². The molecule has 3 rings (SSSR count). The molecule has 2 heterocycles. The monoisotopic (exact) mass is 316 g/mol. The number of hydrogen-bond donors (Lipinski definition) is 0. The fourth-order valence-corrected chi connectivity index (χ4v) is 3.76. The lowest BCUT2D eigenvalue weighted by molar-refractivity contribution is -0.133. The van der Waals surface area contributed by atoms with Crippen molar-refractivity contribution in [1.29, 1.82) is 0 Å². The van der Waals surface area contributed by atoms with Gasteiger partial charge in [0.2, 0.25) is 11.8 Å². The molecule has 4 heteroatoms. The maximum atomic E-state index is 12.4. The van der Waals surface area contributed by atoms with Crippen LogP contribution in [-0.4, -0.2) is 35.5 Å². The number of rotatable bonds is 5. The summed E-state index contributed by atoms with van der Waals surface area (Å²) in [4.78, 5) is 18.7. The predicted octanol–water partition coefficient (Wildman–Crippen LogP) is 3.59. The van der Waals surface area contributed by atoms with Gasteiger partial charge in [-0.25, -0.2) is 4.98 Å². The van der Waals surface area contributed by atoms with Crippen LogP contribution < -0.4 is 4.74 Å². The van der Waals surface area contributed by atoms with Gasteiger partial charge in [0.1, 0.15) is 0 Å². The molecule has 1 aliphatic carbocycles. The van der Waals surface area contributed by atoms with Gasteiger partial charge in [-0.05, 0) is 50.5 Å². The average molecular weight is 316 g/mol. The van der Waals surface area contributed by atoms with E-state index in [1.165, 1.54) is 25.7 Å². The Morgan fingerprint density at radius 3 is 2.65 bits per heavy atom. The Kier molecular flexibility index (Phi) is 5.52. The van der Waals surface area contributed by atoms with Crippen molar-refractivity contribution in [3.8, 4) is 5.88 Å². The molecule has 0 N–H and O–H groups in total. The van der Waals surface area contributed by atoms with E-state index in [-0.39, 0.29) is 0 Å². The van der Waals surface area contributed by atoms with Crippen LogP contribution in [0.2, 0.25) is 0 Å². The quantitative estimate of drug-likeness (QED) is 0.834. The second-order valence-corrected chi connectivity index (χ2v) is 7.12. The highest BCUT2D eigenvalue weighted by molar-refractivity contribution is 5.76. The Bertz CT molecular complexity index is 518. The summed E-state index contributed by atoms with van der Waals surface area (Å²) < 4.78 is 5.87. The van der Waals surface area contributed by atoms with Crippen molar-refractivity contribution >= 4 is 5.91 Å². The molecule has 23 heavy (non-hydrogen) atoms. The molecule has 2 fully saturated rings. The molecular weight excluding hydrogens is 288 g/mol. The normalized spacial score (nSPS) is 20.0. The highest BCUT2D eigenvalue weighted by Crippen LogP contribution is 2.29. The van der Waals surface area contributed by atoms with Gasteiger partial charge in [0.05, 0.1) is 6.61 Å². The zero-order valence-corrected chi connectivity index (χ0v) is 14.2. The maximum absolute atomic E-state index is 12.4.